The number of thiazole rings is 1. The summed E-state index contributed by atoms with van der Waals surface area (Å²) in [5, 5.41) is 2.43. The van der Waals surface area contributed by atoms with E-state index in [0.717, 1.165) is 5.56 Å². The van der Waals surface area contributed by atoms with Gasteiger partial charge in [-0.1, -0.05) is 41.9 Å². The predicted octanol–water partition coefficient (Wildman–Crippen LogP) is 5.94. The molecule has 0 saturated heterocycles. The van der Waals surface area contributed by atoms with E-state index < -0.39 is 17.6 Å². The topological polar surface area (TPSA) is 55.3 Å². The van der Waals surface area contributed by atoms with Crippen molar-refractivity contribution in [3.05, 3.63) is 64.5 Å². The lowest BCUT2D eigenvalue weighted by molar-refractivity contribution is 0.0577. The molecular formula is C20H19ClFN3O2S. The quantitative estimate of drug-likeness (QED) is 0.491. The average molecular weight is 420 g/mol. The first kappa shape index (κ1) is 20.2. The molecule has 0 spiro atoms. The van der Waals surface area contributed by atoms with Crippen LogP contribution >= 0.6 is 22.9 Å². The van der Waals surface area contributed by atoms with Gasteiger partial charge in [0.05, 0.1) is 17.3 Å². The van der Waals surface area contributed by atoms with Gasteiger partial charge in [-0.3, -0.25) is 0 Å². The fourth-order valence-electron chi connectivity index (χ4n) is 2.41. The Balaban J connectivity index is 1.95. The number of amides is 1. The third kappa shape index (κ3) is 5.05. The Hall–Kier alpha value is -2.51. The summed E-state index contributed by atoms with van der Waals surface area (Å²) in [6, 6.07) is 10.8. The second-order valence-corrected chi connectivity index (χ2v) is 8.30. The van der Waals surface area contributed by atoms with Crippen molar-refractivity contribution >= 4 is 34.2 Å². The summed E-state index contributed by atoms with van der Waals surface area (Å²) in [6.45, 7) is 5.70. The van der Waals surface area contributed by atoms with Crippen LogP contribution in [0.3, 0.4) is 0 Å². The molecule has 0 fully saturated rings. The zero-order chi connectivity index (χ0) is 20.3. The summed E-state index contributed by atoms with van der Waals surface area (Å²) >= 11 is 7.38. The van der Waals surface area contributed by atoms with E-state index in [9.17, 15) is 9.18 Å². The van der Waals surface area contributed by atoms with Gasteiger partial charge in [-0.25, -0.2) is 19.7 Å². The Labute approximate surface area is 171 Å². The smallest absolute Gasteiger partial charge is 0.416 e. The molecule has 1 aromatic carbocycles. The molecule has 0 atom stereocenters. The van der Waals surface area contributed by atoms with Crippen LogP contribution in [0.4, 0.5) is 14.3 Å². The van der Waals surface area contributed by atoms with Gasteiger partial charge in [0.2, 0.25) is 5.95 Å². The first-order chi connectivity index (χ1) is 13.2. The zero-order valence-corrected chi connectivity index (χ0v) is 17.2. The minimum Gasteiger partial charge on any atom is -0.443 e. The predicted molar refractivity (Wildman–Crippen MR) is 109 cm³/mol. The van der Waals surface area contributed by atoms with Crippen molar-refractivity contribution in [3.63, 3.8) is 0 Å². The minimum absolute atomic E-state index is 0.283. The Bertz CT molecular complexity index is 973. The third-order valence-electron chi connectivity index (χ3n) is 3.62. The highest BCUT2D eigenvalue weighted by atomic mass is 35.5. The number of pyridine rings is 1. The highest BCUT2D eigenvalue weighted by Gasteiger charge is 2.26. The molecule has 2 heterocycles. The van der Waals surface area contributed by atoms with Crippen molar-refractivity contribution in [1.82, 2.24) is 9.97 Å². The third-order valence-corrected chi connectivity index (χ3v) is 4.78. The van der Waals surface area contributed by atoms with E-state index in [2.05, 4.69) is 9.97 Å². The molecule has 1 amide bonds. The summed E-state index contributed by atoms with van der Waals surface area (Å²) in [5.41, 5.74) is 1.16. The van der Waals surface area contributed by atoms with Crippen LogP contribution in [0.2, 0.25) is 5.02 Å². The van der Waals surface area contributed by atoms with E-state index in [1.807, 2.05) is 30.3 Å². The van der Waals surface area contributed by atoms with E-state index in [4.69, 9.17) is 16.3 Å². The van der Waals surface area contributed by atoms with Crippen molar-refractivity contribution in [2.24, 2.45) is 0 Å². The van der Waals surface area contributed by atoms with Crippen LogP contribution in [0.5, 0.6) is 0 Å². The number of rotatable bonds is 4. The summed E-state index contributed by atoms with van der Waals surface area (Å²) in [7, 11) is 0. The van der Waals surface area contributed by atoms with Crippen LogP contribution in [0.15, 0.2) is 48.0 Å². The number of carbonyl (C=O) groups excluding carboxylic acids is 1. The molecule has 146 valence electrons. The van der Waals surface area contributed by atoms with Crippen molar-refractivity contribution < 1.29 is 13.9 Å². The number of aromatic nitrogens is 2. The van der Waals surface area contributed by atoms with Gasteiger partial charge in [0.15, 0.2) is 5.13 Å². The van der Waals surface area contributed by atoms with Gasteiger partial charge < -0.3 is 4.74 Å². The fraction of sp³-hybridized carbons (Fsp3) is 0.250. The number of ether oxygens (including phenoxy) is 1. The van der Waals surface area contributed by atoms with Crippen LogP contribution in [0.25, 0.3) is 11.3 Å². The van der Waals surface area contributed by atoms with E-state index in [1.54, 1.807) is 26.2 Å². The van der Waals surface area contributed by atoms with Gasteiger partial charge in [-0.15, -0.1) is 11.3 Å². The number of carbonyl (C=O) groups is 1. The van der Waals surface area contributed by atoms with Crippen LogP contribution in [-0.4, -0.2) is 21.7 Å². The van der Waals surface area contributed by atoms with Crippen LogP contribution in [-0.2, 0) is 11.3 Å². The Morgan fingerprint density at radius 1 is 1.29 bits per heavy atom. The molecular weight excluding hydrogens is 401 g/mol. The van der Waals surface area contributed by atoms with E-state index in [0.29, 0.717) is 22.9 Å². The number of anilines is 1. The Morgan fingerprint density at radius 2 is 2.00 bits per heavy atom. The largest absolute Gasteiger partial charge is 0.443 e. The molecule has 3 rings (SSSR count). The molecule has 3 aromatic rings. The zero-order valence-electron chi connectivity index (χ0n) is 15.6. The molecule has 0 N–H and O–H groups in total. The van der Waals surface area contributed by atoms with Gasteiger partial charge >= 0.3 is 6.09 Å². The van der Waals surface area contributed by atoms with E-state index >= 15 is 0 Å². The number of nitrogens with zero attached hydrogens (tertiary/aromatic N) is 3. The monoisotopic (exact) mass is 419 g/mol. The molecule has 0 bridgehead atoms. The molecule has 5 nitrogen and oxygen atoms in total. The number of hydrogen-bond acceptors (Lipinski definition) is 5. The lowest BCUT2D eigenvalue weighted by Crippen LogP contribution is -2.36. The maximum Gasteiger partial charge on any atom is 0.416 e. The van der Waals surface area contributed by atoms with Gasteiger partial charge in [0.25, 0.3) is 0 Å². The number of halogens is 2. The molecule has 0 aliphatic rings. The van der Waals surface area contributed by atoms with Crippen molar-refractivity contribution in [3.8, 4) is 11.3 Å². The van der Waals surface area contributed by atoms with Gasteiger partial charge in [0, 0.05) is 23.2 Å². The first-order valence-electron chi connectivity index (χ1n) is 8.54. The highest BCUT2D eigenvalue weighted by molar-refractivity contribution is 7.14. The summed E-state index contributed by atoms with van der Waals surface area (Å²) < 4.78 is 19.1. The number of benzene rings is 1. The molecule has 0 unspecified atom stereocenters. The summed E-state index contributed by atoms with van der Waals surface area (Å²) in [5.74, 6) is -0.651. The van der Waals surface area contributed by atoms with Crippen molar-refractivity contribution in [2.75, 3.05) is 4.90 Å². The van der Waals surface area contributed by atoms with Crippen LogP contribution in [0.1, 0.15) is 26.3 Å². The average Bonchev–Trinajstić information content (AvgIpc) is 3.10. The molecule has 0 aliphatic heterocycles. The first-order valence-corrected chi connectivity index (χ1v) is 9.80. The molecule has 0 aliphatic carbocycles. The van der Waals surface area contributed by atoms with Gasteiger partial charge in [-0.2, -0.15) is 4.39 Å². The number of hydrogen-bond donors (Lipinski definition) is 0. The molecule has 28 heavy (non-hydrogen) atoms. The molecule has 0 saturated carbocycles. The van der Waals surface area contributed by atoms with E-state index in [-0.39, 0.29) is 5.02 Å². The maximum absolute atomic E-state index is 13.5. The van der Waals surface area contributed by atoms with Gasteiger partial charge in [-0.05, 0) is 26.3 Å². The standard InChI is InChI=1S/C20H19ClFN3O2S/c1-20(2,3)27-19(26)25(11-13-7-5-4-6-8-13)18-24-16(12-28-18)14-9-17(22)23-10-15(14)21/h4-10,12H,11H2,1-3H3. The second-order valence-electron chi connectivity index (χ2n) is 7.05. The maximum atomic E-state index is 13.5. The summed E-state index contributed by atoms with van der Waals surface area (Å²) in [4.78, 5) is 22.3. The summed E-state index contributed by atoms with van der Waals surface area (Å²) in [6.07, 6.45) is 0.727. The minimum atomic E-state index is -0.651. The molecule has 0 radical (unpaired) electrons. The normalized spacial score (nSPS) is 11.3. The fourth-order valence-corrected chi connectivity index (χ4v) is 3.43. The molecule has 2 aromatic heterocycles. The highest BCUT2D eigenvalue weighted by Crippen LogP contribution is 2.33. The Kier molecular flexibility index (Phi) is 5.96. The van der Waals surface area contributed by atoms with E-state index in [1.165, 1.54) is 28.5 Å². The lowest BCUT2D eigenvalue weighted by atomic mass is 10.2. The molecule has 8 heteroatoms. The Morgan fingerprint density at radius 3 is 2.68 bits per heavy atom. The van der Waals surface area contributed by atoms with Crippen molar-refractivity contribution in [2.45, 2.75) is 32.9 Å². The SMILES string of the molecule is CC(C)(C)OC(=O)N(Cc1ccccc1)c1nc(-c2cc(F)ncc2Cl)cs1. The lowest BCUT2D eigenvalue weighted by Gasteiger charge is -2.25. The second kappa shape index (κ2) is 8.24. The van der Waals surface area contributed by atoms with Crippen LogP contribution < -0.4 is 4.90 Å². The van der Waals surface area contributed by atoms with Crippen molar-refractivity contribution in [1.29, 1.82) is 0 Å². The van der Waals surface area contributed by atoms with Gasteiger partial charge in [0.1, 0.15) is 5.60 Å². The van der Waals surface area contributed by atoms with Crippen LogP contribution in [0, 0.1) is 5.95 Å².